The van der Waals surface area contributed by atoms with Crippen molar-refractivity contribution in [3.05, 3.63) is 0 Å². The number of nitrogens with zero attached hydrogens (tertiary/aromatic N) is 1. The fourth-order valence-electron chi connectivity index (χ4n) is 3.60. The second-order valence-corrected chi connectivity index (χ2v) is 8.39. The second-order valence-electron chi connectivity index (χ2n) is 6.98. The zero-order valence-corrected chi connectivity index (χ0v) is 15.7. The van der Waals surface area contributed by atoms with E-state index in [1.807, 2.05) is 11.8 Å². The van der Waals surface area contributed by atoms with E-state index in [4.69, 9.17) is 5.11 Å². The van der Waals surface area contributed by atoms with Gasteiger partial charge in [0.25, 0.3) is 5.91 Å². The van der Waals surface area contributed by atoms with Crippen molar-refractivity contribution >= 4 is 29.7 Å². The van der Waals surface area contributed by atoms with Crippen molar-refractivity contribution in [2.45, 2.75) is 81.9 Å². The molecule has 0 aromatic heterocycles. The van der Waals surface area contributed by atoms with Gasteiger partial charge >= 0.3 is 12.0 Å². The van der Waals surface area contributed by atoms with Crippen LogP contribution in [0.5, 0.6) is 0 Å². The van der Waals surface area contributed by atoms with Crippen molar-refractivity contribution in [2.75, 3.05) is 12.3 Å². The molecule has 3 amide bonds. The van der Waals surface area contributed by atoms with Crippen LogP contribution in [0.25, 0.3) is 0 Å². The summed E-state index contributed by atoms with van der Waals surface area (Å²) in [6, 6.07) is -0.607. The molecule has 7 heteroatoms. The summed E-state index contributed by atoms with van der Waals surface area (Å²) in [5.41, 5.74) is 0. The Labute approximate surface area is 154 Å². The number of thioether (sulfide) groups is 1. The van der Waals surface area contributed by atoms with Gasteiger partial charge in [-0.1, -0.05) is 38.5 Å². The van der Waals surface area contributed by atoms with E-state index in [9.17, 15) is 14.4 Å². The predicted octanol–water partition coefficient (Wildman–Crippen LogP) is 3.40. The molecule has 1 saturated heterocycles. The van der Waals surface area contributed by atoms with Crippen molar-refractivity contribution in [3.63, 3.8) is 0 Å². The summed E-state index contributed by atoms with van der Waals surface area (Å²) in [4.78, 5) is 36.2. The van der Waals surface area contributed by atoms with E-state index in [1.165, 1.54) is 32.1 Å². The highest BCUT2D eigenvalue weighted by Crippen LogP contribution is 2.28. The molecule has 142 valence electrons. The molecule has 0 aromatic carbocycles. The molecule has 2 fully saturated rings. The van der Waals surface area contributed by atoms with Crippen molar-refractivity contribution in [1.29, 1.82) is 0 Å². The highest BCUT2D eigenvalue weighted by atomic mass is 32.2. The molecule has 1 unspecified atom stereocenters. The van der Waals surface area contributed by atoms with Gasteiger partial charge in [0, 0.05) is 24.0 Å². The van der Waals surface area contributed by atoms with Gasteiger partial charge in [0.1, 0.15) is 6.04 Å². The summed E-state index contributed by atoms with van der Waals surface area (Å²) in [6.07, 6.45) is 10.6. The molecule has 2 rings (SSSR count). The Hall–Kier alpha value is -1.24. The average molecular weight is 371 g/mol. The highest BCUT2D eigenvalue weighted by Gasteiger charge is 2.37. The van der Waals surface area contributed by atoms with Crippen LogP contribution in [0.1, 0.15) is 70.6 Å². The molecule has 0 bridgehead atoms. The first-order valence-corrected chi connectivity index (χ1v) is 10.6. The van der Waals surface area contributed by atoms with E-state index in [-0.39, 0.29) is 24.4 Å². The number of urea groups is 1. The molecule has 2 aliphatic rings. The summed E-state index contributed by atoms with van der Waals surface area (Å²) >= 11 is 1.94. The van der Waals surface area contributed by atoms with Gasteiger partial charge in [-0.05, 0) is 25.7 Å². The fraction of sp³-hybridized carbons (Fsp3) is 0.833. The van der Waals surface area contributed by atoms with Crippen LogP contribution in [-0.2, 0) is 9.59 Å². The van der Waals surface area contributed by atoms with E-state index in [0.717, 1.165) is 25.0 Å². The molecule has 0 spiro atoms. The number of aliphatic carboxylic acids is 1. The second kappa shape index (κ2) is 10.7. The molecule has 0 radical (unpaired) electrons. The number of carbonyl (C=O) groups is 3. The topological polar surface area (TPSA) is 86.7 Å². The summed E-state index contributed by atoms with van der Waals surface area (Å²) in [6.45, 7) is 0.627. The first kappa shape index (κ1) is 20.1. The third kappa shape index (κ3) is 6.88. The monoisotopic (exact) mass is 370 g/mol. The molecular weight excluding hydrogens is 340 g/mol. The van der Waals surface area contributed by atoms with E-state index < -0.39 is 5.97 Å². The molecule has 1 atom stereocenters. The minimum Gasteiger partial charge on any atom is -0.481 e. The van der Waals surface area contributed by atoms with E-state index in [0.29, 0.717) is 24.6 Å². The maximum atomic E-state index is 12.0. The number of amides is 3. The van der Waals surface area contributed by atoms with Crippen molar-refractivity contribution in [3.8, 4) is 0 Å². The number of hydrogen-bond acceptors (Lipinski definition) is 4. The first-order valence-electron chi connectivity index (χ1n) is 9.53. The number of imide groups is 1. The third-order valence-corrected chi connectivity index (χ3v) is 6.39. The standard InChI is InChI=1S/C18H30N2O4S/c21-16(22)11-7-2-1-6-10-15-17(23)19-18(24)20(15)12-13-25-14-8-4-3-5-9-14/h14-15H,1-13H2,(H,21,22)(H,19,23,24). The zero-order valence-electron chi connectivity index (χ0n) is 14.9. The minimum absolute atomic E-state index is 0.182. The summed E-state index contributed by atoms with van der Waals surface area (Å²) in [5.74, 6) is -0.0545. The lowest BCUT2D eigenvalue weighted by Gasteiger charge is -2.24. The van der Waals surface area contributed by atoms with Gasteiger partial charge < -0.3 is 10.0 Å². The van der Waals surface area contributed by atoms with E-state index >= 15 is 0 Å². The van der Waals surface area contributed by atoms with Crippen LogP contribution >= 0.6 is 11.8 Å². The SMILES string of the molecule is O=C(O)CCCCCCC1C(=O)NC(=O)N1CCSC1CCCCC1. The van der Waals surface area contributed by atoms with E-state index in [2.05, 4.69) is 5.32 Å². The van der Waals surface area contributed by atoms with Gasteiger partial charge in [-0.25, -0.2) is 4.79 Å². The fourth-order valence-corrected chi connectivity index (χ4v) is 4.91. The molecular formula is C18H30N2O4S. The number of rotatable bonds is 11. The van der Waals surface area contributed by atoms with Crippen LogP contribution in [0.15, 0.2) is 0 Å². The van der Waals surface area contributed by atoms with Gasteiger partial charge in [-0.3, -0.25) is 14.9 Å². The van der Waals surface area contributed by atoms with Crippen LogP contribution in [0, 0.1) is 0 Å². The number of hydrogen-bond donors (Lipinski definition) is 2. The maximum absolute atomic E-state index is 12.0. The smallest absolute Gasteiger partial charge is 0.324 e. The zero-order chi connectivity index (χ0) is 18.1. The van der Waals surface area contributed by atoms with Crippen LogP contribution in [0.2, 0.25) is 0 Å². The first-order chi connectivity index (χ1) is 12.1. The molecule has 6 nitrogen and oxygen atoms in total. The van der Waals surface area contributed by atoms with Crippen LogP contribution in [-0.4, -0.2) is 51.5 Å². The predicted molar refractivity (Wildman–Crippen MR) is 98.7 cm³/mol. The largest absolute Gasteiger partial charge is 0.481 e. The van der Waals surface area contributed by atoms with Crippen LogP contribution in [0.3, 0.4) is 0 Å². The van der Waals surface area contributed by atoms with Crippen molar-refractivity contribution < 1.29 is 19.5 Å². The van der Waals surface area contributed by atoms with Crippen LogP contribution in [0.4, 0.5) is 4.79 Å². The third-order valence-electron chi connectivity index (χ3n) is 5.03. The number of unbranched alkanes of at least 4 members (excludes halogenated alkanes) is 3. The van der Waals surface area contributed by atoms with E-state index in [1.54, 1.807) is 4.90 Å². The molecule has 1 aliphatic carbocycles. The lowest BCUT2D eigenvalue weighted by molar-refractivity contribution is -0.137. The van der Waals surface area contributed by atoms with Crippen molar-refractivity contribution in [1.82, 2.24) is 10.2 Å². The van der Waals surface area contributed by atoms with Crippen molar-refractivity contribution in [2.24, 2.45) is 0 Å². The average Bonchev–Trinajstić information content (AvgIpc) is 2.85. The molecule has 2 N–H and O–H groups in total. The molecule has 1 heterocycles. The van der Waals surface area contributed by atoms with Gasteiger partial charge in [-0.2, -0.15) is 11.8 Å². The highest BCUT2D eigenvalue weighted by molar-refractivity contribution is 7.99. The van der Waals surface area contributed by atoms with Gasteiger partial charge in [0.2, 0.25) is 0 Å². The number of nitrogens with one attached hydrogen (secondary N) is 1. The molecule has 1 saturated carbocycles. The van der Waals surface area contributed by atoms with Crippen LogP contribution < -0.4 is 5.32 Å². The molecule has 25 heavy (non-hydrogen) atoms. The Morgan fingerprint density at radius 3 is 2.56 bits per heavy atom. The maximum Gasteiger partial charge on any atom is 0.324 e. The Kier molecular flexibility index (Phi) is 8.58. The Balaban J connectivity index is 1.67. The lowest BCUT2D eigenvalue weighted by Crippen LogP contribution is -2.37. The number of carbonyl (C=O) groups excluding carboxylic acids is 2. The Morgan fingerprint density at radius 2 is 1.84 bits per heavy atom. The quantitative estimate of drug-likeness (QED) is 0.430. The number of carboxylic acids is 1. The van der Waals surface area contributed by atoms with Gasteiger partial charge in [0.05, 0.1) is 0 Å². The minimum atomic E-state index is -0.762. The molecule has 1 aliphatic heterocycles. The lowest BCUT2D eigenvalue weighted by atomic mass is 10.0. The van der Waals surface area contributed by atoms with Gasteiger partial charge in [0.15, 0.2) is 0 Å². The summed E-state index contributed by atoms with van der Waals surface area (Å²) < 4.78 is 0. The molecule has 0 aromatic rings. The summed E-state index contributed by atoms with van der Waals surface area (Å²) in [5, 5.41) is 11.8. The normalized spacial score (nSPS) is 21.6. The van der Waals surface area contributed by atoms with Gasteiger partial charge in [-0.15, -0.1) is 0 Å². The number of carboxylic acid groups (broad SMARTS) is 1. The Bertz CT molecular complexity index is 466. The Morgan fingerprint density at radius 1 is 1.12 bits per heavy atom. The summed E-state index contributed by atoms with van der Waals surface area (Å²) in [7, 11) is 0.